The van der Waals surface area contributed by atoms with Crippen LogP contribution in [-0.4, -0.2) is 109 Å². The van der Waals surface area contributed by atoms with Gasteiger partial charge < -0.3 is 31.1 Å². The van der Waals surface area contributed by atoms with E-state index >= 15 is 0 Å². The first-order chi connectivity index (χ1) is 49.5. The summed E-state index contributed by atoms with van der Waals surface area (Å²) >= 11 is 62.2. The second-order valence-electron chi connectivity index (χ2n) is 19.1. The summed E-state index contributed by atoms with van der Waals surface area (Å²) in [6.45, 7) is 8.99. The van der Waals surface area contributed by atoms with E-state index in [1.807, 2.05) is 53.1 Å². The number of aldehydes is 1. The van der Waals surface area contributed by atoms with Crippen molar-refractivity contribution in [2.24, 2.45) is 0 Å². The van der Waals surface area contributed by atoms with Gasteiger partial charge in [0.25, 0.3) is 5.56 Å². The summed E-state index contributed by atoms with van der Waals surface area (Å²) in [4.78, 5) is 108. The number of aromatic carboxylic acids is 1. The number of nitrogens with one attached hydrogen (secondary N) is 1. The number of nitrogens with two attached hydrogens (primary N) is 1. The minimum absolute atomic E-state index is 0. The molecule has 553 valence electrons. The third-order valence-electron chi connectivity index (χ3n) is 12.3. The zero-order chi connectivity index (χ0) is 76.5. The SMILES string of the molecule is CC(=O)OCc1csc2c(Cl)ncnc12.CC(=O)c1scc(C)c1N.Cc1csc2c(=O)[nH]cnc12.Cc1csc2c(Cl)ncnc12.Clc1ncnc2c(CBr)csc12.O=C(O)c1csc2c(Cl)ncnc12.O=Cc1csc2c(Cl)ncnc12.O=P(Cl)(Cl)Cl.OCc1csc2c(Cl)ncnc12.[Na+].[OH-].[O]=[Mn]=[O]. The summed E-state index contributed by atoms with van der Waals surface area (Å²) in [5.41, 5.74) is 18.3. The van der Waals surface area contributed by atoms with Crippen LogP contribution in [-0.2, 0) is 55.1 Å². The van der Waals surface area contributed by atoms with Crippen molar-refractivity contribution in [2.75, 3.05) is 5.73 Å². The molecule has 0 aromatic carbocycles. The third kappa shape index (κ3) is 27.0. The average Bonchev–Trinajstić information content (AvgIpc) is 1.68. The van der Waals surface area contributed by atoms with Gasteiger partial charge in [-0.05, 0) is 104 Å². The maximum absolute atomic E-state index is 11.1. The predicted molar refractivity (Wildman–Crippen MR) is 423 cm³/mol. The number of aromatic amines is 1. The number of thiophene rings is 8. The number of aryl methyl sites for hydroxylation is 3. The van der Waals surface area contributed by atoms with E-state index in [2.05, 4.69) is 119 Å². The number of aromatic nitrogens is 14. The summed E-state index contributed by atoms with van der Waals surface area (Å²) in [6.07, 6.45) is 10.6. The first-order valence-corrected chi connectivity index (χ1v) is 43.3. The van der Waals surface area contributed by atoms with Gasteiger partial charge in [0.15, 0.2) is 12.1 Å². The number of carboxylic acids is 1. The van der Waals surface area contributed by atoms with Crippen LogP contribution in [0.15, 0.2) is 92.1 Å². The molecule has 0 aliphatic heterocycles. The molecule has 15 aromatic heterocycles. The fourth-order valence-electron chi connectivity index (χ4n) is 7.65. The van der Waals surface area contributed by atoms with Crippen molar-refractivity contribution in [1.82, 2.24) is 69.8 Å². The van der Waals surface area contributed by atoms with Crippen LogP contribution in [0.3, 0.4) is 0 Å². The van der Waals surface area contributed by atoms with Crippen molar-refractivity contribution in [3.8, 4) is 0 Å². The number of hydrogen-bond donors (Lipinski definition) is 4. The molecule has 6 N–H and O–H groups in total. The molecule has 15 aromatic rings. The number of ether oxygens (including phenoxy) is 1. The number of hydrogen-bond acceptors (Lipinski definition) is 33. The second-order valence-corrected chi connectivity index (χ2v) is 35.7. The number of H-pyrrole nitrogens is 1. The Bertz CT molecular complexity index is 5570. The zero-order valence-electron chi connectivity index (χ0n) is 54.1. The standard InChI is InChI=1S/C9H7ClN2O2S.C7H4BrClN2S.C7H3ClN2O2S.C7H5ClN2OS.C7H3ClN2OS.C7H5ClN2S.C7H6N2OS.C7H9NOS.Cl3OP.Mn.Na.H2O.2O/c1-5(13)14-2-6-3-15-8-7(6)11-4-12-9(8)10;8-1-4-2-12-6-5(4)10-3-11-7(6)9;8-6-5-4(9-2-10-6)3(1-13-5)7(11)12;2*8-7-6-5(9-3-10-7)4(1-11)2-12-6;1-4-2-11-6-5(4)9-3-10-7(6)8;1-4-2-11-6-5(4)8-3-9-7(6)10;1-4-3-10-7(5(2)9)6(4)8;1-5(2,3)4;;;;;/h3-4H,2H2,1H3;2-3H,1H2;1-2H,(H,11,12);2-3,11H,1H2;1-3H;2-3H,1H3;2-3H,1H3,(H,8,9,10);3H,8H2,1-2H3;;;;1H2;;/q;;;;;;;;;;+1;;;/p-1. The number of aliphatic hydroxyl groups is 1. The van der Waals surface area contributed by atoms with Gasteiger partial charge in [0.2, 0.25) is 0 Å². The van der Waals surface area contributed by atoms with Crippen LogP contribution in [0.2, 0.25) is 30.9 Å². The van der Waals surface area contributed by atoms with Gasteiger partial charge in [-0.25, -0.2) is 69.6 Å². The molecule has 0 fully saturated rings. The Balaban J connectivity index is 0.000000252. The Morgan fingerprint density at radius 1 is 0.547 bits per heavy atom. The van der Waals surface area contributed by atoms with Crippen molar-refractivity contribution in [1.29, 1.82) is 0 Å². The molecule has 27 nitrogen and oxygen atoms in total. The number of anilines is 1. The van der Waals surface area contributed by atoms with Gasteiger partial charge in [-0.15, -0.1) is 90.7 Å². The normalized spacial score (nSPS) is 10.2. The molecule has 0 atom stereocenters. The fourth-order valence-corrected chi connectivity index (χ4v) is 16.9. The van der Waals surface area contributed by atoms with Crippen molar-refractivity contribution >= 4 is 316 Å². The monoisotopic (exact) mass is 1900 g/mol. The van der Waals surface area contributed by atoms with Crippen LogP contribution in [0, 0.1) is 20.8 Å². The Labute approximate surface area is 710 Å². The van der Waals surface area contributed by atoms with E-state index in [0.29, 0.717) is 67.5 Å². The summed E-state index contributed by atoms with van der Waals surface area (Å²) in [6, 6.07) is 0. The summed E-state index contributed by atoms with van der Waals surface area (Å²) in [7, 11) is 0. The molecule has 0 unspecified atom stereocenters. The molecule has 0 amide bonds. The molecule has 15 heterocycles. The van der Waals surface area contributed by atoms with Gasteiger partial charge in [0.1, 0.15) is 85.7 Å². The number of Topliss-reactive ketones (excluding diaryl/α,β-unsaturated/α-hetero) is 1. The Morgan fingerprint density at radius 2 is 0.896 bits per heavy atom. The van der Waals surface area contributed by atoms with Crippen molar-refractivity contribution < 1.29 is 96.2 Å². The van der Waals surface area contributed by atoms with Gasteiger partial charge in [-0.2, -0.15) is 0 Å². The molecular weight excluding hydrogens is 1860 g/mol. The number of ketones is 1. The number of fused-ring (bicyclic) bond motifs is 7. The number of nitrogens with zero attached hydrogens (tertiary/aromatic N) is 13. The molecular formula is C58H43BrCl9MnN15NaO12PS8. The number of carboxylic acid groups (broad SMARTS) is 1. The number of carbonyl (C=O) groups excluding carboxylic acids is 3. The van der Waals surface area contributed by atoms with E-state index in [1.165, 1.54) is 137 Å². The van der Waals surface area contributed by atoms with Crippen LogP contribution >= 0.6 is 215 Å². The molecule has 0 spiro atoms. The van der Waals surface area contributed by atoms with Crippen LogP contribution < -0.4 is 40.9 Å². The molecule has 15 rings (SSSR count). The second kappa shape index (κ2) is 46.1. The van der Waals surface area contributed by atoms with Gasteiger partial charge in [0.05, 0.1) is 95.9 Å². The number of rotatable bonds is 7. The Hall–Kier alpha value is -4.78. The molecule has 0 bridgehead atoms. The number of esters is 1. The summed E-state index contributed by atoms with van der Waals surface area (Å²) in [5.74, 6) is -1.26. The minimum atomic E-state index is -3.22. The van der Waals surface area contributed by atoms with Gasteiger partial charge in [-0.3, -0.25) is 23.7 Å². The van der Waals surface area contributed by atoms with E-state index in [4.69, 9.17) is 98.0 Å². The van der Waals surface area contributed by atoms with E-state index in [1.54, 1.807) is 28.1 Å². The van der Waals surface area contributed by atoms with Crippen molar-refractivity contribution in [2.45, 2.75) is 53.2 Å². The molecule has 0 saturated carbocycles. The molecule has 48 heteroatoms. The average molecular weight is 1910 g/mol. The maximum atomic E-state index is 11.1. The van der Waals surface area contributed by atoms with Crippen LogP contribution in [0.1, 0.15) is 77.6 Å². The van der Waals surface area contributed by atoms with E-state index in [0.717, 1.165) is 90.5 Å². The van der Waals surface area contributed by atoms with Crippen LogP contribution in [0.25, 0.3) is 71.5 Å². The van der Waals surface area contributed by atoms with Crippen molar-refractivity contribution in [3.63, 3.8) is 0 Å². The molecule has 0 aliphatic carbocycles. The number of carbonyl (C=O) groups is 4. The van der Waals surface area contributed by atoms with E-state index in [-0.39, 0.29) is 71.1 Å². The summed E-state index contributed by atoms with van der Waals surface area (Å²) < 4.78 is 36.9. The fraction of sp³-hybridized carbons (Fsp3) is 0.138. The topological polar surface area (TPSA) is 426 Å². The number of alkyl halides is 1. The number of nitrogen functional groups attached to an aromatic ring is 1. The molecule has 0 saturated heterocycles. The third-order valence-corrected chi connectivity index (χ3v) is 23.7. The first-order valence-electron chi connectivity index (χ1n) is 27.5. The van der Waals surface area contributed by atoms with E-state index in [9.17, 15) is 28.5 Å². The quantitative estimate of drug-likeness (QED) is 0.0219. The van der Waals surface area contributed by atoms with Crippen LogP contribution in [0.5, 0.6) is 0 Å². The van der Waals surface area contributed by atoms with Crippen molar-refractivity contribution in [3.05, 3.63) is 178 Å². The number of aliphatic hydroxyl groups excluding tert-OH is 1. The first kappa shape index (κ1) is 93.6. The summed E-state index contributed by atoms with van der Waals surface area (Å²) in [5, 5.41) is 32.8. The van der Waals surface area contributed by atoms with Gasteiger partial charge in [-0.1, -0.05) is 85.5 Å². The number of halogens is 10. The molecule has 0 aliphatic rings. The molecule has 106 heavy (non-hydrogen) atoms. The Kier molecular flexibility index (Phi) is 40.7. The molecule has 0 radical (unpaired) electrons. The van der Waals surface area contributed by atoms with Gasteiger partial charge in [0, 0.05) is 46.4 Å². The van der Waals surface area contributed by atoms with Gasteiger partial charge >= 0.3 is 69.2 Å². The zero-order valence-corrected chi connectivity index (χ0v) is 73.1. The predicted octanol–water partition coefficient (Wildman–Crippen LogP) is 16.9. The van der Waals surface area contributed by atoms with E-state index < -0.39 is 26.0 Å². The van der Waals surface area contributed by atoms with Crippen LogP contribution in [0.4, 0.5) is 5.69 Å². The Morgan fingerprint density at radius 3 is 1.29 bits per heavy atom.